The third-order valence-electron chi connectivity index (χ3n) is 5.15. The van der Waals surface area contributed by atoms with Gasteiger partial charge in [0.05, 0.1) is 5.69 Å². The predicted molar refractivity (Wildman–Crippen MR) is 119 cm³/mol. The van der Waals surface area contributed by atoms with Gasteiger partial charge in [0.25, 0.3) is 11.8 Å². The Balaban J connectivity index is 1.36. The van der Waals surface area contributed by atoms with Crippen LogP contribution in [0.2, 0.25) is 0 Å². The fraction of sp³-hybridized carbons (Fsp3) is 0.0800. The number of barbiturate groups is 1. The second-order valence-corrected chi connectivity index (χ2v) is 7.34. The summed E-state index contributed by atoms with van der Waals surface area (Å²) in [6.07, 6.45) is 1.41. The Morgan fingerprint density at radius 3 is 2.45 bits per heavy atom. The fourth-order valence-corrected chi connectivity index (χ4v) is 3.49. The molecule has 0 atom stereocenters. The predicted octanol–water partition coefficient (Wildman–Crippen LogP) is 3.66. The lowest BCUT2D eigenvalue weighted by atomic mass is 10.1. The van der Waals surface area contributed by atoms with Gasteiger partial charge in [-0.3, -0.25) is 14.9 Å². The largest absolute Gasteiger partial charge is 0.489 e. The summed E-state index contributed by atoms with van der Waals surface area (Å²) in [7, 11) is 0. The van der Waals surface area contributed by atoms with Gasteiger partial charge in [0.2, 0.25) is 6.79 Å². The van der Waals surface area contributed by atoms with Crippen molar-refractivity contribution in [3.8, 4) is 17.2 Å². The van der Waals surface area contributed by atoms with E-state index in [4.69, 9.17) is 14.2 Å². The number of fused-ring (bicyclic) bond motifs is 1. The lowest BCUT2D eigenvalue weighted by Crippen LogP contribution is -2.54. The van der Waals surface area contributed by atoms with Gasteiger partial charge in [-0.15, -0.1) is 0 Å². The molecule has 164 valence electrons. The van der Waals surface area contributed by atoms with Gasteiger partial charge in [0.15, 0.2) is 11.5 Å². The van der Waals surface area contributed by atoms with Crippen molar-refractivity contribution in [1.82, 2.24) is 5.32 Å². The Hall–Kier alpha value is -4.59. The number of carbonyl (C=O) groups is 3. The number of amides is 4. The van der Waals surface area contributed by atoms with E-state index in [-0.39, 0.29) is 12.4 Å². The summed E-state index contributed by atoms with van der Waals surface area (Å²) in [5, 5.41) is 2.21. The highest BCUT2D eigenvalue weighted by Gasteiger charge is 2.36. The Morgan fingerprint density at radius 1 is 0.909 bits per heavy atom. The summed E-state index contributed by atoms with van der Waals surface area (Å²) in [5.74, 6) is 0.204. The van der Waals surface area contributed by atoms with Crippen molar-refractivity contribution >= 4 is 29.6 Å². The minimum absolute atomic E-state index is 0.113. The van der Waals surface area contributed by atoms with Crippen LogP contribution in [-0.2, 0) is 16.2 Å². The number of rotatable bonds is 5. The van der Waals surface area contributed by atoms with E-state index in [2.05, 4.69) is 5.32 Å². The van der Waals surface area contributed by atoms with Gasteiger partial charge in [-0.25, -0.2) is 9.69 Å². The molecule has 2 aliphatic rings. The standard InChI is InChI=1S/C25H18N2O6/c28-23-20(12-17-6-11-21-22(13-17)33-15-32-21)24(29)27(25(30)26-23)18-7-9-19(10-8-18)31-14-16-4-2-1-3-5-16/h1-13H,14-15H2,(H,26,28,30)/b20-12+. The topological polar surface area (TPSA) is 94.2 Å². The normalized spacial score (nSPS) is 16.2. The molecule has 3 aromatic rings. The van der Waals surface area contributed by atoms with Crippen LogP contribution in [-0.4, -0.2) is 24.6 Å². The zero-order valence-electron chi connectivity index (χ0n) is 17.3. The van der Waals surface area contributed by atoms with Gasteiger partial charge in [-0.05, 0) is 53.6 Å². The fourth-order valence-electron chi connectivity index (χ4n) is 3.49. The minimum atomic E-state index is -0.814. The van der Waals surface area contributed by atoms with Crippen molar-refractivity contribution in [3.63, 3.8) is 0 Å². The maximum atomic E-state index is 13.1. The van der Waals surface area contributed by atoms with Gasteiger partial charge in [-0.1, -0.05) is 36.4 Å². The minimum Gasteiger partial charge on any atom is -0.489 e. The van der Waals surface area contributed by atoms with Crippen molar-refractivity contribution in [2.24, 2.45) is 0 Å². The number of urea groups is 1. The van der Waals surface area contributed by atoms with E-state index >= 15 is 0 Å². The van der Waals surface area contributed by atoms with Gasteiger partial charge in [0.1, 0.15) is 17.9 Å². The van der Waals surface area contributed by atoms with Crippen LogP contribution in [0.3, 0.4) is 0 Å². The maximum absolute atomic E-state index is 13.1. The monoisotopic (exact) mass is 442 g/mol. The highest BCUT2D eigenvalue weighted by molar-refractivity contribution is 6.39. The van der Waals surface area contributed by atoms with Crippen LogP contribution in [0, 0.1) is 0 Å². The molecule has 1 N–H and O–H groups in total. The summed E-state index contributed by atoms with van der Waals surface area (Å²) in [5.41, 5.74) is 1.73. The molecule has 4 amide bonds. The molecule has 0 saturated carbocycles. The molecular formula is C25H18N2O6. The number of carbonyl (C=O) groups excluding carboxylic acids is 3. The average molecular weight is 442 g/mol. The number of anilines is 1. The summed E-state index contributed by atoms with van der Waals surface area (Å²) in [6, 6.07) is 20.4. The lowest BCUT2D eigenvalue weighted by molar-refractivity contribution is -0.122. The Morgan fingerprint density at radius 2 is 1.67 bits per heavy atom. The van der Waals surface area contributed by atoms with Crippen molar-refractivity contribution < 1.29 is 28.6 Å². The molecule has 2 heterocycles. The molecule has 2 aliphatic heterocycles. The quantitative estimate of drug-likeness (QED) is 0.479. The van der Waals surface area contributed by atoms with Crippen LogP contribution < -0.4 is 24.4 Å². The molecule has 0 spiro atoms. The van der Waals surface area contributed by atoms with Crippen LogP contribution in [0.4, 0.5) is 10.5 Å². The van der Waals surface area contributed by atoms with E-state index in [0.29, 0.717) is 35.1 Å². The first-order valence-electron chi connectivity index (χ1n) is 10.2. The number of ether oxygens (including phenoxy) is 3. The van der Waals surface area contributed by atoms with Gasteiger partial charge in [0, 0.05) is 0 Å². The second-order valence-electron chi connectivity index (χ2n) is 7.34. The molecule has 0 unspecified atom stereocenters. The zero-order chi connectivity index (χ0) is 22.8. The van der Waals surface area contributed by atoms with E-state index in [1.165, 1.54) is 6.08 Å². The molecule has 0 bridgehead atoms. The molecule has 0 aromatic heterocycles. The maximum Gasteiger partial charge on any atom is 0.335 e. The summed E-state index contributed by atoms with van der Waals surface area (Å²) in [6.45, 7) is 0.502. The Bertz CT molecular complexity index is 1270. The van der Waals surface area contributed by atoms with E-state index in [1.54, 1.807) is 42.5 Å². The van der Waals surface area contributed by atoms with Crippen molar-refractivity contribution in [3.05, 3.63) is 89.5 Å². The third kappa shape index (κ3) is 4.14. The summed E-state index contributed by atoms with van der Waals surface area (Å²) in [4.78, 5) is 38.8. The van der Waals surface area contributed by atoms with Gasteiger partial charge < -0.3 is 14.2 Å². The first-order chi connectivity index (χ1) is 16.1. The first-order valence-corrected chi connectivity index (χ1v) is 10.2. The van der Waals surface area contributed by atoms with Gasteiger partial charge in [-0.2, -0.15) is 0 Å². The Kier molecular flexibility index (Phi) is 5.24. The van der Waals surface area contributed by atoms with E-state index in [9.17, 15) is 14.4 Å². The van der Waals surface area contributed by atoms with Crippen LogP contribution in [0.25, 0.3) is 6.08 Å². The summed E-state index contributed by atoms with van der Waals surface area (Å²) < 4.78 is 16.4. The second kappa shape index (κ2) is 8.51. The highest BCUT2D eigenvalue weighted by Crippen LogP contribution is 2.33. The molecule has 1 saturated heterocycles. The van der Waals surface area contributed by atoms with Crippen molar-refractivity contribution in [2.45, 2.75) is 6.61 Å². The van der Waals surface area contributed by atoms with Crippen LogP contribution in [0.5, 0.6) is 17.2 Å². The van der Waals surface area contributed by atoms with Crippen LogP contribution in [0.15, 0.2) is 78.4 Å². The number of benzene rings is 3. The number of hydrogen-bond acceptors (Lipinski definition) is 6. The smallest absolute Gasteiger partial charge is 0.335 e. The summed E-state index contributed by atoms with van der Waals surface area (Å²) >= 11 is 0. The average Bonchev–Trinajstić information content (AvgIpc) is 3.30. The third-order valence-corrected chi connectivity index (χ3v) is 5.15. The van der Waals surface area contributed by atoms with Crippen LogP contribution in [0.1, 0.15) is 11.1 Å². The lowest BCUT2D eigenvalue weighted by Gasteiger charge is -2.26. The molecule has 8 heteroatoms. The van der Waals surface area contributed by atoms with E-state index in [0.717, 1.165) is 10.5 Å². The number of nitrogens with one attached hydrogen (secondary N) is 1. The molecule has 1 fully saturated rings. The molecular weight excluding hydrogens is 424 g/mol. The van der Waals surface area contributed by atoms with Crippen molar-refractivity contribution in [2.75, 3.05) is 11.7 Å². The number of imide groups is 2. The van der Waals surface area contributed by atoms with Crippen LogP contribution >= 0.6 is 0 Å². The van der Waals surface area contributed by atoms with E-state index < -0.39 is 17.8 Å². The first kappa shape index (κ1) is 20.3. The molecule has 8 nitrogen and oxygen atoms in total. The molecule has 3 aromatic carbocycles. The molecule has 0 radical (unpaired) electrons. The number of hydrogen-bond donors (Lipinski definition) is 1. The number of nitrogens with zero attached hydrogens (tertiary/aromatic N) is 1. The highest BCUT2D eigenvalue weighted by atomic mass is 16.7. The molecule has 0 aliphatic carbocycles. The zero-order valence-corrected chi connectivity index (χ0v) is 17.3. The van der Waals surface area contributed by atoms with Crippen molar-refractivity contribution in [1.29, 1.82) is 0 Å². The van der Waals surface area contributed by atoms with E-state index in [1.807, 2.05) is 30.3 Å². The Labute approximate surface area is 189 Å². The SMILES string of the molecule is O=C1NC(=O)N(c2ccc(OCc3ccccc3)cc2)C(=O)/C1=C/c1ccc2c(c1)OCO2. The molecule has 5 rings (SSSR count). The molecule has 33 heavy (non-hydrogen) atoms. The van der Waals surface area contributed by atoms with Gasteiger partial charge >= 0.3 is 6.03 Å².